The Morgan fingerprint density at radius 1 is 1.43 bits per heavy atom. The second-order valence-corrected chi connectivity index (χ2v) is 4.97. The van der Waals surface area contributed by atoms with Gasteiger partial charge in [0.2, 0.25) is 0 Å². The van der Waals surface area contributed by atoms with Gasteiger partial charge in [0.25, 0.3) is 0 Å². The second kappa shape index (κ2) is 7.16. The number of hydrogen-bond acceptors (Lipinski definition) is 3. The highest BCUT2D eigenvalue weighted by molar-refractivity contribution is 6.31. The third-order valence-corrected chi connectivity index (χ3v) is 3.34. The molecule has 0 aliphatic heterocycles. The van der Waals surface area contributed by atoms with Gasteiger partial charge in [-0.15, -0.1) is 0 Å². The Morgan fingerprint density at radius 2 is 2.24 bits per heavy atom. The number of nitrogens with zero attached hydrogens (tertiary/aromatic N) is 2. The van der Waals surface area contributed by atoms with Crippen LogP contribution in [0, 0.1) is 18.8 Å². The predicted molar refractivity (Wildman–Crippen MR) is 82.7 cm³/mol. The number of ether oxygens (including phenoxy) is 1. The van der Waals surface area contributed by atoms with Crippen molar-refractivity contribution in [2.75, 3.05) is 13.7 Å². The minimum atomic E-state index is 0.0705. The molecular weight excluding hydrogens is 288 g/mol. The van der Waals surface area contributed by atoms with Crippen LogP contribution in [-0.2, 0) is 6.54 Å². The topological polar surface area (TPSA) is 47.3 Å². The van der Waals surface area contributed by atoms with Crippen LogP contribution in [0.1, 0.15) is 23.2 Å². The van der Waals surface area contributed by atoms with E-state index in [0.29, 0.717) is 18.0 Å². The molecule has 5 heteroatoms. The minimum Gasteiger partial charge on any atom is -0.496 e. The second-order valence-electron chi connectivity index (χ2n) is 4.56. The zero-order chi connectivity index (χ0) is 15.2. The van der Waals surface area contributed by atoms with E-state index in [-0.39, 0.29) is 6.61 Å². The Morgan fingerprint density at radius 3 is 2.86 bits per heavy atom. The van der Waals surface area contributed by atoms with Crippen LogP contribution in [0.15, 0.2) is 24.4 Å². The van der Waals surface area contributed by atoms with Crippen molar-refractivity contribution in [1.82, 2.24) is 9.78 Å². The van der Waals surface area contributed by atoms with Crippen molar-refractivity contribution in [3.05, 3.63) is 46.2 Å². The van der Waals surface area contributed by atoms with Crippen molar-refractivity contribution in [3.8, 4) is 17.6 Å². The summed E-state index contributed by atoms with van der Waals surface area (Å²) < 4.78 is 7.15. The molecule has 4 nitrogen and oxygen atoms in total. The number of aromatic nitrogens is 2. The summed E-state index contributed by atoms with van der Waals surface area (Å²) in [5, 5.41) is 13.7. The van der Waals surface area contributed by atoms with Crippen LogP contribution < -0.4 is 4.74 Å². The molecule has 0 fully saturated rings. The highest BCUT2D eigenvalue weighted by Gasteiger charge is 2.07. The first-order valence-corrected chi connectivity index (χ1v) is 6.98. The standard InChI is InChI=1S/C16H17ClN2O2/c1-12-15(17)11-19(18-12)10-14-9-13(5-3-4-8-20)6-7-16(14)21-2/h6-7,9,11,20H,4,8,10H2,1-2H3. The van der Waals surface area contributed by atoms with Gasteiger partial charge >= 0.3 is 0 Å². The summed E-state index contributed by atoms with van der Waals surface area (Å²) in [5.41, 5.74) is 2.66. The molecule has 0 spiro atoms. The number of halogens is 1. The van der Waals surface area contributed by atoms with Crippen molar-refractivity contribution < 1.29 is 9.84 Å². The highest BCUT2D eigenvalue weighted by atomic mass is 35.5. The Kier molecular flexibility index (Phi) is 5.26. The normalized spacial score (nSPS) is 10.1. The molecule has 1 aromatic heterocycles. The largest absolute Gasteiger partial charge is 0.496 e. The van der Waals surface area contributed by atoms with Gasteiger partial charge in [-0.05, 0) is 25.1 Å². The number of aryl methyl sites for hydroxylation is 1. The van der Waals surface area contributed by atoms with Gasteiger partial charge in [0.05, 0.1) is 31.0 Å². The van der Waals surface area contributed by atoms with Crippen LogP contribution in [0.3, 0.4) is 0 Å². The molecule has 0 atom stereocenters. The summed E-state index contributed by atoms with van der Waals surface area (Å²) in [7, 11) is 1.64. The SMILES string of the molecule is COc1ccc(C#CCCO)cc1Cn1cc(Cl)c(C)n1. The number of aliphatic hydroxyl groups is 1. The maximum atomic E-state index is 8.76. The van der Waals surface area contributed by atoms with Crippen molar-refractivity contribution in [2.45, 2.75) is 19.9 Å². The molecule has 1 heterocycles. The first kappa shape index (κ1) is 15.4. The van der Waals surface area contributed by atoms with Crippen LogP contribution in [0.4, 0.5) is 0 Å². The Labute approximate surface area is 129 Å². The monoisotopic (exact) mass is 304 g/mol. The molecule has 0 unspecified atom stereocenters. The average Bonchev–Trinajstić information content (AvgIpc) is 2.78. The molecule has 0 amide bonds. The van der Waals surface area contributed by atoms with E-state index in [1.807, 2.05) is 25.1 Å². The lowest BCUT2D eigenvalue weighted by Gasteiger charge is -2.09. The average molecular weight is 305 g/mol. The van der Waals surface area contributed by atoms with E-state index in [0.717, 1.165) is 22.6 Å². The van der Waals surface area contributed by atoms with Gasteiger partial charge in [-0.25, -0.2) is 0 Å². The van der Waals surface area contributed by atoms with E-state index in [9.17, 15) is 0 Å². The molecular formula is C16H17ClN2O2. The van der Waals surface area contributed by atoms with E-state index >= 15 is 0 Å². The lowest BCUT2D eigenvalue weighted by atomic mass is 10.1. The zero-order valence-corrected chi connectivity index (χ0v) is 12.8. The zero-order valence-electron chi connectivity index (χ0n) is 12.1. The third kappa shape index (κ3) is 4.01. The molecule has 0 saturated heterocycles. The number of aliphatic hydroxyl groups excluding tert-OH is 1. The van der Waals surface area contributed by atoms with Gasteiger partial charge in [-0.2, -0.15) is 5.10 Å². The Balaban J connectivity index is 2.27. The lowest BCUT2D eigenvalue weighted by Crippen LogP contribution is -2.03. The minimum absolute atomic E-state index is 0.0705. The van der Waals surface area contributed by atoms with Gasteiger partial charge < -0.3 is 9.84 Å². The van der Waals surface area contributed by atoms with Crippen molar-refractivity contribution >= 4 is 11.6 Å². The molecule has 0 aliphatic carbocycles. The first-order valence-electron chi connectivity index (χ1n) is 6.60. The van der Waals surface area contributed by atoms with Gasteiger partial charge in [0.1, 0.15) is 5.75 Å². The molecule has 21 heavy (non-hydrogen) atoms. The summed E-state index contributed by atoms with van der Waals surface area (Å²) in [4.78, 5) is 0. The summed E-state index contributed by atoms with van der Waals surface area (Å²) in [5.74, 6) is 6.71. The summed E-state index contributed by atoms with van der Waals surface area (Å²) in [6, 6.07) is 5.75. The van der Waals surface area contributed by atoms with E-state index < -0.39 is 0 Å². The van der Waals surface area contributed by atoms with E-state index in [1.165, 1.54) is 0 Å². The van der Waals surface area contributed by atoms with Crippen LogP contribution >= 0.6 is 11.6 Å². The summed E-state index contributed by atoms with van der Waals surface area (Å²) in [6.45, 7) is 2.50. The maximum Gasteiger partial charge on any atom is 0.124 e. The van der Waals surface area contributed by atoms with Crippen molar-refractivity contribution in [3.63, 3.8) is 0 Å². The fourth-order valence-corrected chi connectivity index (χ4v) is 2.10. The molecule has 0 saturated carbocycles. The maximum absolute atomic E-state index is 8.76. The summed E-state index contributed by atoms with van der Waals surface area (Å²) in [6.07, 6.45) is 2.26. The number of methoxy groups -OCH3 is 1. The molecule has 2 aromatic rings. The van der Waals surface area contributed by atoms with Crippen LogP contribution in [0.5, 0.6) is 5.75 Å². The number of benzene rings is 1. The van der Waals surface area contributed by atoms with Crippen LogP contribution in [-0.4, -0.2) is 28.6 Å². The molecule has 1 aromatic carbocycles. The Bertz CT molecular complexity index is 664. The summed E-state index contributed by atoms with van der Waals surface area (Å²) >= 11 is 6.02. The predicted octanol–water partition coefficient (Wildman–Crippen LogP) is 2.64. The van der Waals surface area contributed by atoms with Gasteiger partial charge in [0.15, 0.2) is 0 Å². The third-order valence-electron chi connectivity index (χ3n) is 2.97. The van der Waals surface area contributed by atoms with Crippen molar-refractivity contribution in [2.24, 2.45) is 0 Å². The van der Waals surface area contributed by atoms with E-state index in [4.69, 9.17) is 21.4 Å². The van der Waals surface area contributed by atoms with Gasteiger partial charge in [0, 0.05) is 23.7 Å². The lowest BCUT2D eigenvalue weighted by molar-refractivity contribution is 0.305. The molecule has 2 rings (SSSR count). The molecule has 0 aliphatic rings. The Hall–Kier alpha value is -1.96. The van der Waals surface area contributed by atoms with Crippen molar-refractivity contribution in [1.29, 1.82) is 0 Å². The number of hydrogen-bond donors (Lipinski definition) is 1. The van der Waals surface area contributed by atoms with Gasteiger partial charge in [-0.1, -0.05) is 23.4 Å². The van der Waals surface area contributed by atoms with Crippen LogP contribution in [0.2, 0.25) is 5.02 Å². The first-order chi connectivity index (χ1) is 10.1. The quantitative estimate of drug-likeness (QED) is 0.883. The molecule has 1 N–H and O–H groups in total. The number of rotatable bonds is 4. The molecule has 110 valence electrons. The molecule has 0 radical (unpaired) electrons. The van der Waals surface area contributed by atoms with Gasteiger partial charge in [-0.3, -0.25) is 4.68 Å². The fourth-order valence-electron chi connectivity index (χ4n) is 1.95. The smallest absolute Gasteiger partial charge is 0.124 e. The van der Waals surface area contributed by atoms with E-state index in [1.54, 1.807) is 18.0 Å². The molecule has 0 bridgehead atoms. The fraction of sp³-hybridized carbons (Fsp3) is 0.312. The highest BCUT2D eigenvalue weighted by Crippen LogP contribution is 2.22. The van der Waals surface area contributed by atoms with E-state index in [2.05, 4.69) is 16.9 Å². The van der Waals surface area contributed by atoms with Crippen LogP contribution in [0.25, 0.3) is 0 Å².